The van der Waals surface area contributed by atoms with E-state index in [9.17, 15) is 14.4 Å². The van der Waals surface area contributed by atoms with Crippen molar-refractivity contribution in [2.75, 3.05) is 39.8 Å². The summed E-state index contributed by atoms with van der Waals surface area (Å²) in [5, 5.41) is 0. The fourth-order valence-electron chi connectivity index (χ4n) is 6.56. The molecule has 0 radical (unpaired) electrons. The van der Waals surface area contributed by atoms with Crippen molar-refractivity contribution < 1.29 is 14.4 Å². The molecule has 170 valence electrons. The van der Waals surface area contributed by atoms with Crippen molar-refractivity contribution in [3.8, 4) is 0 Å². The Labute approximate surface area is 194 Å². The Morgan fingerprint density at radius 2 is 1.24 bits per heavy atom. The van der Waals surface area contributed by atoms with Gasteiger partial charge in [-0.05, 0) is 35.7 Å². The highest BCUT2D eigenvalue weighted by Crippen LogP contribution is 2.60. The number of rotatable bonds is 4. The molecule has 6 heteroatoms. The van der Waals surface area contributed by atoms with Crippen LogP contribution in [-0.4, -0.2) is 72.2 Å². The van der Waals surface area contributed by atoms with E-state index in [1.54, 1.807) is 0 Å². The second-order valence-electron chi connectivity index (χ2n) is 9.88. The second kappa shape index (κ2) is 7.80. The summed E-state index contributed by atoms with van der Waals surface area (Å²) in [6, 6.07) is 16.6. The molecular weight excluding hydrogens is 414 g/mol. The van der Waals surface area contributed by atoms with Crippen LogP contribution in [-0.2, 0) is 14.4 Å². The van der Waals surface area contributed by atoms with Gasteiger partial charge >= 0.3 is 0 Å². The van der Waals surface area contributed by atoms with Crippen LogP contribution in [0.3, 0.4) is 0 Å². The summed E-state index contributed by atoms with van der Waals surface area (Å²) in [4.78, 5) is 45.4. The van der Waals surface area contributed by atoms with Crippen LogP contribution in [0.15, 0.2) is 48.5 Å². The number of imide groups is 1. The summed E-state index contributed by atoms with van der Waals surface area (Å²) >= 11 is 0. The van der Waals surface area contributed by atoms with Gasteiger partial charge in [-0.1, -0.05) is 48.5 Å². The van der Waals surface area contributed by atoms with Crippen LogP contribution in [0.2, 0.25) is 0 Å². The molecule has 0 N–H and O–H groups in total. The SMILES string of the molecule is CN1CCN(C(=O)CCCN2C(=O)C3C4c5ccccc5C(c5ccccc54)C3C2=O)CC1. The predicted molar refractivity (Wildman–Crippen MR) is 124 cm³/mol. The van der Waals surface area contributed by atoms with Crippen LogP contribution in [0, 0.1) is 11.8 Å². The van der Waals surface area contributed by atoms with Crippen molar-refractivity contribution in [3.05, 3.63) is 70.8 Å². The molecule has 2 atom stereocenters. The zero-order valence-corrected chi connectivity index (χ0v) is 18.9. The van der Waals surface area contributed by atoms with Gasteiger partial charge < -0.3 is 9.80 Å². The number of benzene rings is 2. The molecule has 7 rings (SSSR count). The lowest BCUT2D eigenvalue weighted by Crippen LogP contribution is -2.47. The number of amides is 3. The van der Waals surface area contributed by atoms with Crippen LogP contribution in [0.5, 0.6) is 0 Å². The van der Waals surface area contributed by atoms with Crippen molar-refractivity contribution in [2.24, 2.45) is 11.8 Å². The number of likely N-dealkylation sites (tertiary alicyclic amines) is 1. The van der Waals surface area contributed by atoms with E-state index < -0.39 is 0 Å². The first-order valence-electron chi connectivity index (χ1n) is 12.1. The lowest BCUT2D eigenvalue weighted by Gasteiger charge is -2.45. The van der Waals surface area contributed by atoms with Crippen LogP contribution in [0.4, 0.5) is 0 Å². The van der Waals surface area contributed by atoms with Crippen molar-refractivity contribution in [1.29, 1.82) is 0 Å². The third-order valence-corrected chi connectivity index (χ3v) is 8.17. The first kappa shape index (κ1) is 20.6. The smallest absolute Gasteiger partial charge is 0.234 e. The van der Waals surface area contributed by atoms with E-state index in [0.29, 0.717) is 19.4 Å². The van der Waals surface area contributed by atoms with Gasteiger partial charge in [0, 0.05) is 51.0 Å². The lowest BCUT2D eigenvalue weighted by atomic mass is 9.55. The maximum Gasteiger partial charge on any atom is 0.234 e. The molecule has 5 aliphatic rings. The van der Waals surface area contributed by atoms with Gasteiger partial charge in [0.2, 0.25) is 17.7 Å². The van der Waals surface area contributed by atoms with Gasteiger partial charge in [-0.3, -0.25) is 19.3 Å². The first-order valence-corrected chi connectivity index (χ1v) is 12.1. The molecule has 0 saturated carbocycles. The van der Waals surface area contributed by atoms with E-state index in [0.717, 1.165) is 26.2 Å². The summed E-state index contributed by atoms with van der Waals surface area (Å²) in [5.74, 6) is -0.797. The van der Waals surface area contributed by atoms with Gasteiger partial charge in [-0.15, -0.1) is 0 Å². The van der Waals surface area contributed by atoms with Crippen molar-refractivity contribution in [2.45, 2.75) is 24.7 Å². The fourth-order valence-corrected chi connectivity index (χ4v) is 6.56. The Morgan fingerprint density at radius 1 is 0.788 bits per heavy atom. The third-order valence-electron chi connectivity index (χ3n) is 8.17. The quantitative estimate of drug-likeness (QED) is 0.681. The normalized spacial score (nSPS) is 28.0. The van der Waals surface area contributed by atoms with Gasteiger partial charge in [0.1, 0.15) is 0 Å². The highest BCUT2D eigenvalue weighted by molar-refractivity contribution is 6.07. The topological polar surface area (TPSA) is 60.9 Å². The molecule has 3 aliphatic carbocycles. The second-order valence-corrected chi connectivity index (χ2v) is 9.88. The zero-order chi connectivity index (χ0) is 22.7. The van der Waals surface area contributed by atoms with Gasteiger partial charge in [0.25, 0.3) is 0 Å². The predicted octanol–water partition coefficient (Wildman–Crippen LogP) is 2.43. The summed E-state index contributed by atoms with van der Waals surface area (Å²) in [7, 11) is 2.07. The van der Waals surface area contributed by atoms with E-state index in [4.69, 9.17) is 0 Å². The minimum atomic E-state index is -0.333. The van der Waals surface area contributed by atoms with E-state index in [1.165, 1.54) is 27.2 Å². The highest BCUT2D eigenvalue weighted by atomic mass is 16.2. The molecule has 3 amide bonds. The summed E-state index contributed by atoms with van der Waals surface area (Å²) in [5.41, 5.74) is 4.76. The Morgan fingerprint density at radius 3 is 1.70 bits per heavy atom. The van der Waals surface area contributed by atoms with E-state index in [2.05, 4.69) is 36.2 Å². The molecule has 2 aromatic carbocycles. The van der Waals surface area contributed by atoms with Crippen molar-refractivity contribution in [1.82, 2.24) is 14.7 Å². The summed E-state index contributed by atoms with van der Waals surface area (Å²) in [6.45, 7) is 3.61. The third kappa shape index (κ3) is 3.07. The molecule has 0 aromatic heterocycles. The average molecular weight is 444 g/mol. The first-order chi connectivity index (χ1) is 16.1. The minimum Gasteiger partial charge on any atom is -0.340 e. The molecule has 2 aliphatic heterocycles. The lowest BCUT2D eigenvalue weighted by molar-refractivity contribution is -0.141. The number of carbonyl (C=O) groups excluding carboxylic acids is 3. The van der Waals surface area contributed by atoms with Crippen LogP contribution in [0.1, 0.15) is 46.9 Å². The monoisotopic (exact) mass is 443 g/mol. The maximum absolute atomic E-state index is 13.6. The summed E-state index contributed by atoms with van der Waals surface area (Å²) in [6.07, 6.45) is 0.904. The highest BCUT2D eigenvalue weighted by Gasteiger charge is 2.61. The molecule has 2 aromatic rings. The number of carbonyl (C=O) groups is 3. The van der Waals surface area contributed by atoms with Crippen LogP contribution >= 0.6 is 0 Å². The zero-order valence-electron chi connectivity index (χ0n) is 18.9. The van der Waals surface area contributed by atoms with Crippen LogP contribution < -0.4 is 0 Å². The van der Waals surface area contributed by atoms with Crippen molar-refractivity contribution in [3.63, 3.8) is 0 Å². The number of piperazine rings is 1. The Kier molecular flexibility index (Phi) is 4.87. The minimum absolute atomic E-state index is 0.0592. The Hall–Kier alpha value is -2.99. The molecule has 2 unspecified atom stereocenters. The van der Waals surface area contributed by atoms with Crippen molar-refractivity contribution >= 4 is 17.7 Å². The molecule has 2 fully saturated rings. The number of nitrogens with zero attached hydrogens (tertiary/aromatic N) is 3. The molecular formula is C27H29N3O3. The standard InChI is InChI=1S/C27H29N3O3/c1-28-13-15-29(16-14-28)21(31)11-6-12-30-26(32)24-22-17-7-2-3-8-18(17)23(25(24)27(30)33)20-10-5-4-9-19(20)22/h2-5,7-10,22-25H,6,11-16H2,1H3. The van der Waals surface area contributed by atoms with Gasteiger partial charge in [-0.2, -0.15) is 0 Å². The van der Waals surface area contributed by atoms with Gasteiger partial charge in [0.05, 0.1) is 11.8 Å². The largest absolute Gasteiger partial charge is 0.340 e. The van der Waals surface area contributed by atoms with Gasteiger partial charge in [-0.25, -0.2) is 0 Å². The number of hydrogen-bond acceptors (Lipinski definition) is 4. The molecule has 6 nitrogen and oxygen atoms in total. The van der Waals surface area contributed by atoms with E-state index >= 15 is 0 Å². The van der Waals surface area contributed by atoms with Crippen LogP contribution in [0.25, 0.3) is 0 Å². The van der Waals surface area contributed by atoms with E-state index in [-0.39, 0.29) is 41.4 Å². The molecule has 33 heavy (non-hydrogen) atoms. The summed E-state index contributed by atoms with van der Waals surface area (Å²) < 4.78 is 0. The fraction of sp³-hybridized carbons (Fsp3) is 0.444. The maximum atomic E-state index is 13.6. The molecule has 2 saturated heterocycles. The number of likely N-dealkylation sites (N-methyl/N-ethyl adjacent to an activating group) is 1. The Balaban J connectivity index is 1.22. The molecule has 2 heterocycles. The molecule has 0 spiro atoms. The average Bonchev–Trinajstić information content (AvgIpc) is 3.10. The van der Waals surface area contributed by atoms with Gasteiger partial charge in [0.15, 0.2) is 0 Å². The number of hydrogen-bond donors (Lipinski definition) is 0. The molecule has 2 bridgehead atoms. The van der Waals surface area contributed by atoms with E-state index in [1.807, 2.05) is 29.2 Å². The Bertz CT molecular complexity index is 1020.